The minimum Gasteiger partial charge on any atom is -0.309 e. The van der Waals surface area contributed by atoms with E-state index >= 15 is 0 Å². The molecule has 2 atom stereocenters. The van der Waals surface area contributed by atoms with Crippen LogP contribution in [0.15, 0.2) is 0 Å². The van der Waals surface area contributed by atoms with Gasteiger partial charge in [-0.25, -0.2) is 0 Å². The molecule has 3 nitrogen and oxygen atoms in total. The molecule has 14 heavy (non-hydrogen) atoms. The Balaban J connectivity index is 4.96. The van der Waals surface area contributed by atoms with Crippen LogP contribution in [0.5, 0.6) is 0 Å². The predicted molar refractivity (Wildman–Crippen MR) is 60.2 cm³/mol. The zero-order valence-electron chi connectivity index (χ0n) is 10.3. The smallest absolute Gasteiger partial charge is 0.309 e. The summed E-state index contributed by atoms with van der Waals surface area (Å²) in [5.41, 5.74) is -0.566. The molecule has 0 rings (SSSR count). The van der Waals surface area contributed by atoms with Crippen LogP contribution in [0.1, 0.15) is 41.5 Å². The van der Waals surface area contributed by atoms with Crippen LogP contribution in [0.25, 0.3) is 0 Å². The molecule has 0 aliphatic rings. The summed E-state index contributed by atoms with van der Waals surface area (Å²) in [4.78, 5) is 0. The highest BCUT2D eigenvalue weighted by Crippen LogP contribution is 2.41. The van der Waals surface area contributed by atoms with Crippen LogP contribution in [0.4, 0.5) is 0 Å². The molecule has 0 saturated carbocycles. The average molecular weight is 220 g/mol. The number of hydrogen-bond donors (Lipinski definition) is 1. The molecule has 0 bridgehead atoms. The molecule has 0 radical (unpaired) electrons. The maximum absolute atomic E-state index is 11.6. The Hall–Kier alpha value is 0.0200. The van der Waals surface area contributed by atoms with Crippen molar-refractivity contribution in [1.29, 1.82) is 0 Å². The Morgan fingerprint density at radius 1 is 1.14 bits per heavy atom. The van der Waals surface area contributed by atoms with E-state index in [1.54, 1.807) is 6.66 Å². The van der Waals surface area contributed by atoms with Crippen LogP contribution in [0, 0.1) is 5.41 Å². The summed E-state index contributed by atoms with van der Waals surface area (Å²) in [6, 6.07) is 0. The Labute approximate surface area is 88.2 Å². The molecule has 0 fully saturated rings. The quantitative estimate of drug-likeness (QED) is 0.573. The lowest BCUT2D eigenvalue weighted by molar-refractivity contribution is -0.185. The van der Waals surface area contributed by atoms with Gasteiger partial charge in [-0.2, -0.15) is 0 Å². The Morgan fingerprint density at radius 3 is 1.57 bits per heavy atom. The SMILES string of the molecule is C[P+](=O)C(N(O)C(C)(C)C)C(C)(C)C. The first kappa shape index (κ1) is 14.0. The fourth-order valence-electron chi connectivity index (χ4n) is 1.43. The molecule has 1 N–H and O–H groups in total. The number of hydrogen-bond acceptors (Lipinski definition) is 3. The van der Waals surface area contributed by atoms with Crippen molar-refractivity contribution in [2.75, 3.05) is 6.66 Å². The third-order valence-electron chi connectivity index (χ3n) is 2.04. The maximum Gasteiger partial charge on any atom is 0.357 e. The van der Waals surface area contributed by atoms with Gasteiger partial charge >= 0.3 is 7.80 Å². The van der Waals surface area contributed by atoms with E-state index in [1.807, 2.05) is 41.5 Å². The van der Waals surface area contributed by atoms with E-state index in [2.05, 4.69) is 0 Å². The highest BCUT2D eigenvalue weighted by Gasteiger charge is 2.46. The van der Waals surface area contributed by atoms with Gasteiger partial charge in [0, 0.05) is 11.0 Å². The molecule has 0 aliphatic heterocycles. The van der Waals surface area contributed by atoms with Crippen molar-refractivity contribution in [3.8, 4) is 0 Å². The fraction of sp³-hybridized carbons (Fsp3) is 1.00. The van der Waals surface area contributed by atoms with Gasteiger partial charge in [0.15, 0.2) is 0 Å². The molecular formula is C10H23NO2P+. The second-order valence-corrected chi connectivity index (χ2v) is 7.38. The standard InChI is InChI=1S/C10H23NO2P/c1-9(2,3)8(14(7)13)11(12)10(4,5)6/h8,12H,1-7H3/q+1. The minimum absolute atomic E-state index is 0.190. The first-order valence-corrected chi connectivity index (χ1v) is 6.63. The van der Waals surface area contributed by atoms with Gasteiger partial charge in [0.25, 0.3) is 0 Å². The third kappa shape index (κ3) is 3.64. The fourth-order valence-corrected chi connectivity index (χ4v) is 3.18. The molecule has 0 amide bonds. The molecule has 0 aliphatic carbocycles. The van der Waals surface area contributed by atoms with Crippen molar-refractivity contribution in [2.24, 2.45) is 5.41 Å². The molecule has 84 valence electrons. The monoisotopic (exact) mass is 220 g/mol. The van der Waals surface area contributed by atoms with Crippen molar-refractivity contribution in [3.63, 3.8) is 0 Å². The normalized spacial score (nSPS) is 17.1. The van der Waals surface area contributed by atoms with E-state index in [0.717, 1.165) is 0 Å². The summed E-state index contributed by atoms with van der Waals surface area (Å²) in [7, 11) is -1.43. The van der Waals surface area contributed by atoms with Crippen LogP contribution in [-0.2, 0) is 4.57 Å². The summed E-state index contributed by atoms with van der Waals surface area (Å²) in [6.07, 6.45) is 0. The molecule has 2 unspecified atom stereocenters. The number of rotatable bonds is 2. The van der Waals surface area contributed by atoms with Gasteiger partial charge in [0.2, 0.25) is 5.78 Å². The van der Waals surface area contributed by atoms with Gasteiger partial charge < -0.3 is 5.21 Å². The van der Waals surface area contributed by atoms with Gasteiger partial charge in [-0.05, 0) is 20.8 Å². The number of hydroxylamine groups is 2. The lowest BCUT2D eigenvalue weighted by atomic mass is 9.94. The van der Waals surface area contributed by atoms with Crippen molar-refractivity contribution in [1.82, 2.24) is 5.06 Å². The maximum atomic E-state index is 11.6. The summed E-state index contributed by atoms with van der Waals surface area (Å²) < 4.78 is 11.6. The molecule has 0 saturated heterocycles. The summed E-state index contributed by atoms with van der Waals surface area (Å²) in [5, 5.41) is 11.2. The summed E-state index contributed by atoms with van der Waals surface area (Å²) in [5.74, 6) is -0.308. The summed E-state index contributed by atoms with van der Waals surface area (Å²) >= 11 is 0. The molecular weight excluding hydrogens is 197 g/mol. The second-order valence-electron chi connectivity index (χ2n) is 5.80. The Morgan fingerprint density at radius 2 is 1.50 bits per heavy atom. The van der Waals surface area contributed by atoms with Crippen LogP contribution in [-0.4, -0.2) is 28.3 Å². The van der Waals surface area contributed by atoms with E-state index < -0.39 is 7.80 Å². The Bertz CT molecular complexity index is 215. The van der Waals surface area contributed by atoms with E-state index in [0.29, 0.717) is 0 Å². The van der Waals surface area contributed by atoms with Crippen LogP contribution in [0.2, 0.25) is 0 Å². The zero-order valence-corrected chi connectivity index (χ0v) is 11.2. The zero-order chi connectivity index (χ0) is 11.7. The molecule has 0 aromatic rings. The molecule has 4 heteroatoms. The second kappa shape index (κ2) is 4.26. The van der Waals surface area contributed by atoms with Gasteiger partial charge in [-0.15, -0.1) is 5.06 Å². The topological polar surface area (TPSA) is 40.5 Å². The van der Waals surface area contributed by atoms with E-state index in [9.17, 15) is 9.77 Å². The average Bonchev–Trinajstić information content (AvgIpc) is 1.79. The molecule has 0 heterocycles. The van der Waals surface area contributed by atoms with Crippen molar-refractivity contribution >= 4 is 7.80 Å². The number of nitrogens with zero attached hydrogens (tertiary/aromatic N) is 1. The third-order valence-corrected chi connectivity index (χ3v) is 3.72. The van der Waals surface area contributed by atoms with E-state index in [4.69, 9.17) is 0 Å². The summed E-state index contributed by atoms with van der Waals surface area (Å²) in [6.45, 7) is 13.4. The van der Waals surface area contributed by atoms with Gasteiger partial charge in [-0.1, -0.05) is 25.3 Å². The highest BCUT2D eigenvalue weighted by molar-refractivity contribution is 7.44. The van der Waals surface area contributed by atoms with Gasteiger partial charge in [0.1, 0.15) is 6.66 Å². The van der Waals surface area contributed by atoms with Crippen LogP contribution in [0.3, 0.4) is 0 Å². The predicted octanol–water partition coefficient (Wildman–Crippen LogP) is 3.31. The highest BCUT2D eigenvalue weighted by atomic mass is 31.1. The molecule has 0 spiro atoms. The van der Waals surface area contributed by atoms with E-state index in [1.165, 1.54) is 5.06 Å². The first-order valence-electron chi connectivity index (χ1n) is 4.86. The lowest BCUT2D eigenvalue weighted by Crippen LogP contribution is -2.49. The minimum atomic E-state index is -1.43. The Kier molecular flexibility index (Phi) is 4.26. The van der Waals surface area contributed by atoms with E-state index in [-0.39, 0.29) is 16.7 Å². The lowest BCUT2D eigenvalue weighted by Gasteiger charge is -2.36. The largest absolute Gasteiger partial charge is 0.357 e. The van der Waals surface area contributed by atoms with Crippen LogP contribution >= 0.6 is 7.80 Å². The van der Waals surface area contributed by atoms with Crippen molar-refractivity contribution < 1.29 is 9.77 Å². The van der Waals surface area contributed by atoms with Crippen molar-refractivity contribution in [2.45, 2.75) is 52.9 Å². The molecule has 0 aromatic heterocycles. The van der Waals surface area contributed by atoms with Gasteiger partial charge in [-0.3, -0.25) is 0 Å². The van der Waals surface area contributed by atoms with Crippen LogP contribution < -0.4 is 0 Å². The first-order chi connectivity index (χ1) is 5.98. The molecule has 0 aromatic carbocycles. The van der Waals surface area contributed by atoms with Crippen molar-refractivity contribution in [3.05, 3.63) is 0 Å². The van der Waals surface area contributed by atoms with Gasteiger partial charge in [0.05, 0.1) is 0 Å².